The van der Waals surface area contributed by atoms with Gasteiger partial charge in [0.25, 0.3) is 5.91 Å². The minimum absolute atomic E-state index is 0.161. The van der Waals surface area contributed by atoms with Crippen molar-refractivity contribution in [3.8, 4) is 33.9 Å². The molecule has 3 heterocycles. The van der Waals surface area contributed by atoms with E-state index in [1.165, 1.54) is 35.6 Å². The van der Waals surface area contributed by atoms with Crippen LogP contribution in [-0.2, 0) is 10.0 Å². The van der Waals surface area contributed by atoms with Crippen LogP contribution >= 0.6 is 0 Å². The zero-order valence-electron chi connectivity index (χ0n) is 25.0. The SMILES string of the molecule is CNC(=O)c1c(-c2ccc(F)cc2)oc2cc(N(CCN(C)C)S(C)(=O)=O)c(-c3cccc(-c4nc5ncccc5o4)c3)cc12. The summed E-state index contributed by atoms with van der Waals surface area (Å²) >= 11 is 0. The Bertz CT molecular complexity index is 2120. The summed E-state index contributed by atoms with van der Waals surface area (Å²) in [6.45, 7) is 0.609. The number of carbonyl (C=O) groups excluding carboxylic acids is 1. The molecule has 0 saturated carbocycles. The Balaban J connectivity index is 1.62. The standard InChI is InChI=1S/C33H30FN5O5S/c1-35-32(40)29-25-18-24(21-7-5-8-22(17-21)33-37-31-27(44-33)9-6-14-36-31)26(39(45(4,41)42)16-15-38(2)3)19-28(25)43-30(29)20-10-12-23(34)13-11-20/h5-14,17-19H,15-16H2,1-4H3,(H,35,40). The molecule has 6 aromatic rings. The van der Waals surface area contributed by atoms with Crippen molar-refractivity contribution < 1.29 is 26.4 Å². The number of oxazole rings is 1. The fourth-order valence-corrected chi connectivity index (χ4v) is 6.11. The van der Waals surface area contributed by atoms with Gasteiger partial charge in [-0.3, -0.25) is 9.10 Å². The molecule has 0 aliphatic heterocycles. The van der Waals surface area contributed by atoms with Crippen molar-refractivity contribution in [3.63, 3.8) is 0 Å². The molecule has 0 fully saturated rings. The third-order valence-electron chi connectivity index (χ3n) is 7.37. The molecule has 0 radical (unpaired) electrons. The van der Waals surface area contributed by atoms with Gasteiger partial charge in [-0.1, -0.05) is 12.1 Å². The molecule has 0 aliphatic rings. The number of fused-ring (bicyclic) bond motifs is 2. The second-order valence-corrected chi connectivity index (χ2v) is 12.7. The first-order valence-corrected chi connectivity index (χ1v) is 15.9. The first-order chi connectivity index (χ1) is 21.5. The van der Waals surface area contributed by atoms with Crippen molar-refractivity contribution in [2.75, 3.05) is 44.8 Å². The number of halogens is 1. The summed E-state index contributed by atoms with van der Waals surface area (Å²) in [4.78, 5) is 24.0. The number of anilines is 1. The average Bonchev–Trinajstić information content (AvgIpc) is 3.62. The Morgan fingerprint density at radius 2 is 1.67 bits per heavy atom. The maximum Gasteiger partial charge on any atom is 0.255 e. The first-order valence-electron chi connectivity index (χ1n) is 14.1. The summed E-state index contributed by atoms with van der Waals surface area (Å²) in [6, 6.07) is 19.9. The normalized spacial score (nSPS) is 11.9. The van der Waals surface area contributed by atoms with E-state index in [-0.39, 0.29) is 17.9 Å². The third-order valence-corrected chi connectivity index (χ3v) is 8.55. The van der Waals surface area contributed by atoms with Crippen LogP contribution in [0.4, 0.5) is 10.1 Å². The van der Waals surface area contributed by atoms with Crippen molar-refractivity contribution in [1.82, 2.24) is 20.2 Å². The summed E-state index contributed by atoms with van der Waals surface area (Å²) in [7, 11) is 1.46. The van der Waals surface area contributed by atoms with Gasteiger partial charge in [0, 0.05) is 54.5 Å². The number of hydrogen-bond donors (Lipinski definition) is 1. The molecule has 10 nitrogen and oxygen atoms in total. The van der Waals surface area contributed by atoms with E-state index in [1.807, 2.05) is 43.3 Å². The highest BCUT2D eigenvalue weighted by atomic mass is 32.2. The largest absolute Gasteiger partial charge is 0.455 e. The predicted octanol–water partition coefficient (Wildman–Crippen LogP) is 5.80. The molecule has 3 aromatic heterocycles. The fourth-order valence-electron chi connectivity index (χ4n) is 5.19. The van der Waals surface area contributed by atoms with Crippen molar-refractivity contribution in [2.45, 2.75) is 0 Å². The van der Waals surface area contributed by atoms with Crippen LogP contribution in [0.1, 0.15) is 10.4 Å². The van der Waals surface area contributed by atoms with Crippen molar-refractivity contribution in [2.24, 2.45) is 0 Å². The van der Waals surface area contributed by atoms with Crippen LogP contribution in [0, 0.1) is 5.82 Å². The number of amides is 1. The number of sulfonamides is 1. The molecule has 12 heteroatoms. The van der Waals surface area contributed by atoms with Crippen molar-refractivity contribution >= 4 is 43.8 Å². The van der Waals surface area contributed by atoms with E-state index in [0.717, 1.165) is 6.26 Å². The van der Waals surface area contributed by atoms with Gasteiger partial charge >= 0.3 is 0 Å². The molecule has 0 aliphatic carbocycles. The number of benzene rings is 3. The summed E-state index contributed by atoms with van der Waals surface area (Å²) in [5, 5.41) is 3.13. The lowest BCUT2D eigenvalue weighted by molar-refractivity contribution is 0.0964. The quantitative estimate of drug-likeness (QED) is 0.214. The molecular formula is C33H30FN5O5S. The van der Waals surface area contributed by atoms with Crippen LogP contribution in [-0.4, -0.2) is 69.7 Å². The Morgan fingerprint density at radius 1 is 0.911 bits per heavy atom. The molecule has 6 rings (SSSR count). The lowest BCUT2D eigenvalue weighted by Gasteiger charge is -2.26. The molecule has 0 unspecified atom stereocenters. The lowest BCUT2D eigenvalue weighted by atomic mass is 9.97. The molecule has 3 aromatic carbocycles. The summed E-state index contributed by atoms with van der Waals surface area (Å²) in [5.41, 5.74) is 4.26. The highest BCUT2D eigenvalue weighted by Gasteiger charge is 2.27. The Hall–Kier alpha value is -5.07. The number of hydrogen-bond acceptors (Lipinski definition) is 8. The van der Waals surface area contributed by atoms with E-state index in [4.69, 9.17) is 8.83 Å². The monoisotopic (exact) mass is 627 g/mol. The number of rotatable bonds is 9. The van der Waals surface area contributed by atoms with E-state index in [9.17, 15) is 17.6 Å². The molecule has 0 bridgehead atoms. The number of carbonyl (C=O) groups is 1. The first kappa shape index (κ1) is 30.0. The number of nitrogens with zero attached hydrogens (tertiary/aromatic N) is 4. The van der Waals surface area contributed by atoms with Gasteiger partial charge in [-0.15, -0.1) is 0 Å². The highest BCUT2D eigenvalue weighted by Crippen LogP contribution is 2.42. The van der Waals surface area contributed by atoms with Gasteiger partial charge in [0.05, 0.1) is 17.5 Å². The number of furan rings is 1. The predicted molar refractivity (Wildman–Crippen MR) is 172 cm³/mol. The maximum atomic E-state index is 13.8. The van der Waals surface area contributed by atoms with Gasteiger partial charge in [0.1, 0.15) is 17.2 Å². The van der Waals surface area contributed by atoms with Gasteiger partial charge in [0.2, 0.25) is 15.9 Å². The zero-order valence-corrected chi connectivity index (χ0v) is 25.9. The van der Waals surface area contributed by atoms with E-state index >= 15 is 0 Å². The Kier molecular flexibility index (Phi) is 7.85. The number of pyridine rings is 1. The van der Waals surface area contributed by atoms with E-state index < -0.39 is 21.7 Å². The molecule has 45 heavy (non-hydrogen) atoms. The van der Waals surface area contributed by atoms with Crippen LogP contribution in [0.3, 0.4) is 0 Å². The second-order valence-electron chi connectivity index (χ2n) is 10.8. The lowest BCUT2D eigenvalue weighted by Crippen LogP contribution is -2.36. The Labute approximate surface area is 259 Å². The molecule has 1 amide bonds. The van der Waals surface area contributed by atoms with Crippen LogP contribution < -0.4 is 9.62 Å². The van der Waals surface area contributed by atoms with Crippen LogP contribution in [0.5, 0.6) is 0 Å². The van der Waals surface area contributed by atoms with E-state index in [1.54, 1.807) is 30.5 Å². The molecular weight excluding hydrogens is 597 g/mol. The minimum atomic E-state index is -3.77. The maximum absolute atomic E-state index is 13.8. The van der Waals surface area contributed by atoms with Crippen LogP contribution in [0.2, 0.25) is 0 Å². The smallest absolute Gasteiger partial charge is 0.255 e. The molecule has 0 spiro atoms. The zero-order chi connectivity index (χ0) is 31.9. The number of aromatic nitrogens is 2. The van der Waals surface area contributed by atoms with Gasteiger partial charge < -0.3 is 19.1 Å². The Morgan fingerprint density at radius 3 is 2.36 bits per heavy atom. The third kappa shape index (κ3) is 5.89. The summed E-state index contributed by atoms with van der Waals surface area (Å²) in [6.07, 6.45) is 2.79. The topological polar surface area (TPSA) is 122 Å². The minimum Gasteiger partial charge on any atom is -0.455 e. The summed E-state index contributed by atoms with van der Waals surface area (Å²) in [5.74, 6) is -0.250. The number of likely N-dealkylation sites (N-methyl/N-ethyl adjacent to an activating group) is 1. The van der Waals surface area contributed by atoms with Gasteiger partial charge in [-0.05, 0) is 74.3 Å². The van der Waals surface area contributed by atoms with Gasteiger partial charge in [-0.2, -0.15) is 4.98 Å². The van der Waals surface area contributed by atoms with Crippen LogP contribution in [0.15, 0.2) is 87.8 Å². The second kappa shape index (κ2) is 11.8. The average molecular weight is 628 g/mol. The fraction of sp³-hybridized carbons (Fsp3) is 0.182. The van der Waals surface area contributed by atoms with E-state index in [2.05, 4.69) is 15.3 Å². The van der Waals surface area contributed by atoms with Crippen molar-refractivity contribution in [3.05, 3.63) is 90.4 Å². The summed E-state index contributed by atoms with van der Waals surface area (Å²) < 4.78 is 53.9. The van der Waals surface area contributed by atoms with E-state index in [0.29, 0.717) is 62.6 Å². The highest BCUT2D eigenvalue weighted by molar-refractivity contribution is 7.92. The van der Waals surface area contributed by atoms with Crippen molar-refractivity contribution in [1.29, 1.82) is 0 Å². The molecule has 0 atom stereocenters. The molecule has 230 valence electrons. The molecule has 0 saturated heterocycles. The molecule has 1 N–H and O–H groups in total. The van der Waals surface area contributed by atoms with Gasteiger partial charge in [-0.25, -0.2) is 17.8 Å². The van der Waals surface area contributed by atoms with Crippen LogP contribution in [0.25, 0.3) is 56.1 Å². The van der Waals surface area contributed by atoms with Gasteiger partial charge in [0.15, 0.2) is 11.2 Å². The number of nitrogens with one attached hydrogen (secondary N) is 1.